The van der Waals surface area contributed by atoms with Gasteiger partial charge in [-0.1, -0.05) is 24.3 Å². The fraction of sp³-hybridized carbons (Fsp3) is 0.292. The molecule has 7 nitrogen and oxygen atoms in total. The SMILES string of the molecule is COc1ccc(-c2cnc(Nc3ccc(C(C=O)N4CCN(C)CC4)cc3)nc2)cc1. The number of piperazine rings is 1. The minimum Gasteiger partial charge on any atom is -0.497 e. The summed E-state index contributed by atoms with van der Waals surface area (Å²) in [5.74, 6) is 1.34. The van der Waals surface area contributed by atoms with Crippen LogP contribution in [0.25, 0.3) is 11.1 Å². The van der Waals surface area contributed by atoms with E-state index in [2.05, 4.69) is 32.1 Å². The summed E-state index contributed by atoms with van der Waals surface area (Å²) in [7, 11) is 3.76. The van der Waals surface area contributed by atoms with Gasteiger partial charge in [0.2, 0.25) is 5.95 Å². The molecule has 0 amide bonds. The third-order valence-electron chi connectivity index (χ3n) is 5.64. The zero-order valence-corrected chi connectivity index (χ0v) is 17.9. The maximum atomic E-state index is 11.7. The van der Waals surface area contributed by atoms with Gasteiger partial charge in [-0.3, -0.25) is 4.90 Å². The highest BCUT2D eigenvalue weighted by molar-refractivity contribution is 5.65. The number of hydrogen-bond acceptors (Lipinski definition) is 7. The van der Waals surface area contributed by atoms with Gasteiger partial charge in [-0.05, 0) is 42.4 Å². The van der Waals surface area contributed by atoms with Gasteiger partial charge in [-0.25, -0.2) is 9.97 Å². The zero-order valence-electron chi connectivity index (χ0n) is 17.9. The lowest BCUT2D eigenvalue weighted by Crippen LogP contribution is -2.46. The number of methoxy groups -OCH3 is 1. The number of aldehydes is 1. The molecule has 1 N–H and O–H groups in total. The van der Waals surface area contributed by atoms with Crippen molar-refractivity contribution in [1.29, 1.82) is 0 Å². The number of anilines is 2. The molecule has 1 aromatic heterocycles. The zero-order chi connectivity index (χ0) is 21.6. The van der Waals surface area contributed by atoms with Crippen molar-refractivity contribution < 1.29 is 9.53 Å². The molecule has 0 bridgehead atoms. The van der Waals surface area contributed by atoms with Gasteiger partial charge in [0.25, 0.3) is 0 Å². The van der Waals surface area contributed by atoms with Gasteiger partial charge >= 0.3 is 0 Å². The first-order valence-corrected chi connectivity index (χ1v) is 10.4. The van der Waals surface area contributed by atoms with E-state index in [1.807, 2.05) is 48.5 Å². The van der Waals surface area contributed by atoms with Crippen LogP contribution in [0.15, 0.2) is 60.9 Å². The van der Waals surface area contributed by atoms with Crippen molar-refractivity contribution in [3.8, 4) is 16.9 Å². The van der Waals surface area contributed by atoms with Crippen molar-refractivity contribution in [1.82, 2.24) is 19.8 Å². The van der Waals surface area contributed by atoms with E-state index in [0.29, 0.717) is 5.95 Å². The van der Waals surface area contributed by atoms with Crippen molar-refractivity contribution in [2.75, 3.05) is 45.7 Å². The van der Waals surface area contributed by atoms with Crippen molar-refractivity contribution in [3.63, 3.8) is 0 Å². The first kappa shape index (κ1) is 21.0. The third-order valence-corrected chi connectivity index (χ3v) is 5.64. The van der Waals surface area contributed by atoms with Crippen LogP contribution in [0.3, 0.4) is 0 Å². The Kier molecular flexibility index (Phi) is 6.54. The summed E-state index contributed by atoms with van der Waals surface area (Å²) in [6.45, 7) is 3.75. The number of ether oxygens (including phenoxy) is 1. The van der Waals surface area contributed by atoms with Gasteiger partial charge in [0.05, 0.1) is 13.2 Å². The molecule has 7 heteroatoms. The molecular weight excluding hydrogens is 390 g/mol. The number of benzene rings is 2. The van der Waals surface area contributed by atoms with Crippen LogP contribution >= 0.6 is 0 Å². The number of rotatable bonds is 7. The number of nitrogens with zero attached hydrogens (tertiary/aromatic N) is 4. The summed E-state index contributed by atoms with van der Waals surface area (Å²) in [5.41, 5.74) is 3.84. The summed E-state index contributed by atoms with van der Waals surface area (Å²) in [6, 6.07) is 15.5. The maximum absolute atomic E-state index is 11.7. The Labute approximate surface area is 182 Å². The molecule has 0 radical (unpaired) electrons. The van der Waals surface area contributed by atoms with E-state index in [-0.39, 0.29) is 6.04 Å². The smallest absolute Gasteiger partial charge is 0.227 e. The molecule has 1 atom stereocenters. The van der Waals surface area contributed by atoms with Gasteiger partial charge in [-0.15, -0.1) is 0 Å². The van der Waals surface area contributed by atoms with Gasteiger partial charge in [0.1, 0.15) is 12.0 Å². The van der Waals surface area contributed by atoms with Gasteiger partial charge in [-0.2, -0.15) is 0 Å². The van der Waals surface area contributed by atoms with E-state index in [0.717, 1.165) is 60.6 Å². The number of likely N-dealkylation sites (N-methyl/N-ethyl adjacent to an activating group) is 1. The highest BCUT2D eigenvalue weighted by Gasteiger charge is 2.23. The Balaban J connectivity index is 1.40. The topological polar surface area (TPSA) is 70.6 Å². The van der Waals surface area contributed by atoms with E-state index in [4.69, 9.17) is 4.74 Å². The van der Waals surface area contributed by atoms with Crippen LogP contribution in [0, 0.1) is 0 Å². The monoisotopic (exact) mass is 417 g/mol. The molecule has 0 spiro atoms. The second-order valence-electron chi connectivity index (χ2n) is 7.69. The Hall–Kier alpha value is -3.29. The largest absolute Gasteiger partial charge is 0.497 e. The number of hydrogen-bond donors (Lipinski definition) is 1. The molecular formula is C24H27N5O2. The summed E-state index contributed by atoms with van der Waals surface area (Å²) in [5, 5.41) is 3.22. The van der Waals surface area contributed by atoms with E-state index in [9.17, 15) is 4.79 Å². The first-order valence-electron chi connectivity index (χ1n) is 10.4. The number of carbonyl (C=O) groups is 1. The molecule has 31 heavy (non-hydrogen) atoms. The van der Waals surface area contributed by atoms with Crippen LogP contribution in [0.1, 0.15) is 11.6 Å². The second-order valence-corrected chi connectivity index (χ2v) is 7.69. The standard InChI is InChI=1S/C24H27N5O2/c1-28-11-13-29(14-12-28)23(17-30)19-3-7-21(8-4-19)27-24-25-15-20(16-26-24)18-5-9-22(31-2)10-6-18/h3-10,15-17,23H,11-14H2,1-2H3,(H,25,26,27). The molecule has 4 rings (SSSR count). The molecule has 1 aliphatic rings. The molecule has 2 aromatic carbocycles. The van der Waals surface area contributed by atoms with E-state index in [1.165, 1.54) is 0 Å². The summed E-state index contributed by atoms with van der Waals surface area (Å²) in [6.07, 6.45) is 4.62. The first-order chi connectivity index (χ1) is 15.2. The van der Waals surface area contributed by atoms with Gasteiger partial charge in [0.15, 0.2) is 0 Å². The fourth-order valence-corrected chi connectivity index (χ4v) is 3.69. The maximum Gasteiger partial charge on any atom is 0.227 e. The summed E-state index contributed by atoms with van der Waals surface area (Å²) >= 11 is 0. The van der Waals surface area contributed by atoms with Crippen LogP contribution in [0.2, 0.25) is 0 Å². The molecule has 2 heterocycles. The third kappa shape index (κ3) is 5.07. The van der Waals surface area contributed by atoms with E-state index in [1.54, 1.807) is 19.5 Å². The lowest BCUT2D eigenvalue weighted by atomic mass is 10.1. The predicted molar refractivity (Wildman–Crippen MR) is 122 cm³/mol. The fourth-order valence-electron chi connectivity index (χ4n) is 3.69. The Morgan fingerprint density at radius 3 is 2.16 bits per heavy atom. The molecule has 1 fully saturated rings. The molecule has 1 unspecified atom stereocenters. The minimum absolute atomic E-state index is 0.206. The average molecular weight is 418 g/mol. The van der Waals surface area contributed by atoms with Crippen molar-refractivity contribution >= 4 is 17.9 Å². The number of aromatic nitrogens is 2. The normalized spacial score (nSPS) is 15.9. The molecule has 3 aromatic rings. The lowest BCUT2D eigenvalue weighted by Gasteiger charge is -2.35. The molecule has 1 saturated heterocycles. The van der Waals surface area contributed by atoms with Crippen LogP contribution in [0.5, 0.6) is 5.75 Å². The van der Waals surface area contributed by atoms with Crippen LogP contribution in [0.4, 0.5) is 11.6 Å². The van der Waals surface area contributed by atoms with Crippen molar-refractivity contribution in [3.05, 3.63) is 66.5 Å². The Morgan fingerprint density at radius 1 is 0.935 bits per heavy atom. The summed E-state index contributed by atoms with van der Waals surface area (Å²) in [4.78, 5) is 25.1. The highest BCUT2D eigenvalue weighted by Crippen LogP contribution is 2.24. The second kappa shape index (κ2) is 9.68. The van der Waals surface area contributed by atoms with E-state index < -0.39 is 0 Å². The Morgan fingerprint density at radius 2 is 1.58 bits per heavy atom. The van der Waals surface area contributed by atoms with E-state index >= 15 is 0 Å². The highest BCUT2D eigenvalue weighted by atomic mass is 16.5. The average Bonchev–Trinajstić information content (AvgIpc) is 2.82. The molecule has 0 aliphatic carbocycles. The van der Waals surface area contributed by atoms with Crippen molar-refractivity contribution in [2.24, 2.45) is 0 Å². The van der Waals surface area contributed by atoms with Crippen LogP contribution < -0.4 is 10.1 Å². The lowest BCUT2D eigenvalue weighted by molar-refractivity contribution is -0.113. The Bertz CT molecular complexity index is 982. The molecule has 160 valence electrons. The van der Waals surface area contributed by atoms with Crippen LogP contribution in [-0.2, 0) is 4.79 Å². The van der Waals surface area contributed by atoms with Crippen LogP contribution in [-0.4, -0.2) is 66.4 Å². The molecule has 0 saturated carbocycles. The quantitative estimate of drug-likeness (QED) is 0.591. The number of carbonyl (C=O) groups excluding carboxylic acids is 1. The molecule has 1 aliphatic heterocycles. The van der Waals surface area contributed by atoms with Gasteiger partial charge in [0, 0.05) is 49.8 Å². The summed E-state index contributed by atoms with van der Waals surface area (Å²) < 4.78 is 5.19. The van der Waals surface area contributed by atoms with Gasteiger partial charge < -0.3 is 19.7 Å². The minimum atomic E-state index is -0.206. The number of nitrogens with one attached hydrogen (secondary N) is 1. The van der Waals surface area contributed by atoms with Crippen molar-refractivity contribution in [2.45, 2.75) is 6.04 Å². The predicted octanol–water partition coefficient (Wildman–Crippen LogP) is 3.38.